The van der Waals surface area contributed by atoms with Crippen molar-refractivity contribution < 1.29 is 19.4 Å². The lowest BCUT2D eigenvalue weighted by Crippen LogP contribution is -2.26. The molecule has 1 aliphatic heterocycles. The highest BCUT2D eigenvalue weighted by Gasteiger charge is 2.32. The Morgan fingerprint density at radius 3 is 2.96 bits per heavy atom. The third kappa shape index (κ3) is 5.34. The van der Waals surface area contributed by atoms with Crippen LogP contribution in [0, 0.1) is 0 Å². The van der Waals surface area contributed by atoms with Crippen molar-refractivity contribution in [2.75, 3.05) is 0 Å². The highest BCUT2D eigenvalue weighted by Crippen LogP contribution is 2.23. The van der Waals surface area contributed by atoms with E-state index in [1.165, 1.54) is 6.21 Å². The molecule has 128 valence electrons. The average Bonchev–Trinajstić information content (AvgIpc) is 2.81. The zero-order valence-corrected chi connectivity index (χ0v) is 15.4. The van der Waals surface area contributed by atoms with Gasteiger partial charge in [-0.3, -0.25) is 9.59 Å². The van der Waals surface area contributed by atoms with Crippen LogP contribution in [-0.2, 0) is 9.59 Å². The zero-order valence-electron chi connectivity index (χ0n) is 13.0. The molecule has 1 atom stereocenters. The van der Waals surface area contributed by atoms with Crippen LogP contribution in [-0.4, -0.2) is 39.7 Å². The molecular formula is C15H16BrN3O4S. The highest BCUT2D eigenvalue weighted by molar-refractivity contribution is 9.10. The number of amidine groups is 1. The highest BCUT2D eigenvalue weighted by atomic mass is 79.9. The molecule has 1 saturated heterocycles. The molecule has 1 unspecified atom stereocenters. The number of rotatable bonds is 6. The molecule has 0 bridgehead atoms. The van der Waals surface area contributed by atoms with Crippen molar-refractivity contribution in [3.05, 3.63) is 28.2 Å². The van der Waals surface area contributed by atoms with Crippen LogP contribution in [0.25, 0.3) is 0 Å². The molecular weight excluding hydrogens is 398 g/mol. The quantitative estimate of drug-likeness (QED) is 0.551. The van der Waals surface area contributed by atoms with E-state index in [2.05, 4.69) is 31.4 Å². The summed E-state index contributed by atoms with van der Waals surface area (Å²) in [6, 6.07) is 5.51. The SMILES string of the molecule is CC(C)Oc1ccc(Br)c(C=NN=C2NC(=O)C(CC(=O)O)S2)c1. The van der Waals surface area contributed by atoms with Crippen LogP contribution in [0.1, 0.15) is 25.8 Å². The third-order valence-corrected chi connectivity index (χ3v) is 4.62. The van der Waals surface area contributed by atoms with E-state index in [4.69, 9.17) is 9.84 Å². The topological polar surface area (TPSA) is 100 Å². The molecule has 0 aromatic heterocycles. The molecule has 0 saturated carbocycles. The van der Waals surface area contributed by atoms with E-state index in [1.807, 2.05) is 32.0 Å². The average molecular weight is 414 g/mol. The van der Waals surface area contributed by atoms with Gasteiger partial charge in [-0.25, -0.2) is 0 Å². The van der Waals surface area contributed by atoms with Crippen LogP contribution in [0.5, 0.6) is 5.75 Å². The Morgan fingerprint density at radius 1 is 1.54 bits per heavy atom. The first kappa shape index (κ1) is 18.5. The number of carbonyl (C=O) groups is 2. The fourth-order valence-electron chi connectivity index (χ4n) is 1.85. The Hall–Kier alpha value is -1.87. The van der Waals surface area contributed by atoms with Gasteiger partial charge in [0.25, 0.3) is 0 Å². The number of hydrogen-bond acceptors (Lipinski definition) is 6. The Labute approximate surface area is 151 Å². The smallest absolute Gasteiger partial charge is 0.305 e. The maximum atomic E-state index is 11.6. The molecule has 0 radical (unpaired) electrons. The van der Waals surface area contributed by atoms with E-state index in [0.717, 1.165) is 21.8 Å². The lowest BCUT2D eigenvalue weighted by molar-refractivity contribution is -0.138. The third-order valence-electron chi connectivity index (χ3n) is 2.82. The van der Waals surface area contributed by atoms with E-state index < -0.39 is 11.2 Å². The Kier molecular flexibility index (Phi) is 6.38. The molecule has 1 amide bonds. The van der Waals surface area contributed by atoms with E-state index in [-0.39, 0.29) is 23.6 Å². The summed E-state index contributed by atoms with van der Waals surface area (Å²) in [5.41, 5.74) is 0.772. The largest absolute Gasteiger partial charge is 0.491 e. The summed E-state index contributed by atoms with van der Waals surface area (Å²) in [7, 11) is 0. The fraction of sp³-hybridized carbons (Fsp3) is 0.333. The normalized spacial score (nSPS) is 19.2. The Balaban J connectivity index is 2.06. The van der Waals surface area contributed by atoms with Crippen molar-refractivity contribution in [2.24, 2.45) is 10.2 Å². The van der Waals surface area contributed by atoms with Gasteiger partial charge in [-0.15, -0.1) is 5.10 Å². The van der Waals surface area contributed by atoms with Gasteiger partial charge in [-0.05, 0) is 32.0 Å². The Morgan fingerprint density at radius 2 is 2.29 bits per heavy atom. The van der Waals surface area contributed by atoms with Crippen molar-refractivity contribution in [1.29, 1.82) is 0 Å². The lowest BCUT2D eigenvalue weighted by Gasteiger charge is -2.10. The number of benzene rings is 1. The second-order valence-electron chi connectivity index (χ2n) is 5.19. The standard InChI is InChI=1S/C15H16BrN3O4S/c1-8(2)23-10-3-4-11(16)9(5-10)7-17-19-15-18-14(22)12(24-15)6-13(20)21/h3-5,7-8,12H,6H2,1-2H3,(H,20,21)(H,18,19,22). The number of nitrogens with zero attached hydrogens (tertiary/aromatic N) is 2. The summed E-state index contributed by atoms with van der Waals surface area (Å²) in [6.07, 6.45) is 1.34. The molecule has 1 aromatic rings. The molecule has 7 nitrogen and oxygen atoms in total. The van der Waals surface area contributed by atoms with Gasteiger partial charge in [0.05, 0.1) is 18.7 Å². The van der Waals surface area contributed by atoms with E-state index in [1.54, 1.807) is 0 Å². The first-order valence-corrected chi connectivity index (χ1v) is 8.79. The fourth-order valence-corrected chi connectivity index (χ4v) is 3.12. The van der Waals surface area contributed by atoms with E-state index >= 15 is 0 Å². The number of thioether (sulfide) groups is 1. The van der Waals surface area contributed by atoms with E-state index in [9.17, 15) is 9.59 Å². The second kappa shape index (κ2) is 8.29. The minimum Gasteiger partial charge on any atom is -0.491 e. The van der Waals surface area contributed by atoms with Crippen LogP contribution in [0.15, 0.2) is 32.9 Å². The van der Waals surface area contributed by atoms with Crippen LogP contribution in [0.2, 0.25) is 0 Å². The number of nitrogens with one attached hydrogen (secondary N) is 1. The number of halogens is 1. The number of carboxylic acids is 1. The second-order valence-corrected chi connectivity index (χ2v) is 7.24. The van der Waals surface area contributed by atoms with Gasteiger partial charge >= 0.3 is 5.97 Å². The Bertz CT molecular complexity index is 706. The summed E-state index contributed by atoms with van der Waals surface area (Å²) < 4.78 is 6.45. The van der Waals surface area contributed by atoms with Crippen molar-refractivity contribution in [3.63, 3.8) is 0 Å². The zero-order chi connectivity index (χ0) is 17.7. The molecule has 1 fully saturated rings. The van der Waals surface area contributed by atoms with Gasteiger partial charge in [0.15, 0.2) is 5.17 Å². The van der Waals surface area contributed by atoms with Crippen molar-refractivity contribution in [1.82, 2.24) is 5.32 Å². The van der Waals surface area contributed by atoms with Gasteiger partial charge < -0.3 is 15.2 Å². The molecule has 24 heavy (non-hydrogen) atoms. The number of aliphatic carboxylic acids is 1. The molecule has 2 N–H and O–H groups in total. The summed E-state index contributed by atoms with van der Waals surface area (Å²) >= 11 is 4.48. The number of carboxylic acid groups (broad SMARTS) is 1. The number of carbonyl (C=O) groups excluding carboxylic acids is 1. The number of amides is 1. The van der Waals surface area contributed by atoms with Crippen molar-refractivity contribution in [3.8, 4) is 5.75 Å². The molecule has 1 aliphatic rings. The summed E-state index contributed by atoms with van der Waals surface area (Å²) in [5.74, 6) is -0.685. The summed E-state index contributed by atoms with van der Waals surface area (Å²) in [5, 5.41) is 18.7. The van der Waals surface area contributed by atoms with Gasteiger partial charge in [0.1, 0.15) is 11.0 Å². The van der Waals surface area contributed by atoms with Crippen LogP contribution < -0.4 is 10.1 Å². The van der Waals surface area contributed by atoms with Crippen LogP contribution in [0.4, 0.5) is 0 Å². The van der Waals surface area contributed by atoms with Gasteiger partial charge in [0, 0.05) is 10.0 Å². The number of hydrogen-bond donors (Lipinski definition) is 2. The molecule has 1 heterocycles. The summed E-state index contributed by atoms with van der Waals surface area (Å²) in [4.78, 5) is 22.3. The predicted octanol–water partition coefficient (Wildman–Crippen LogP) is 2.63. The number of ether oxygens (including phenoxy) is 1. The molecule has 0 spiro atoms. The van der Waals surface area contributed by atoms with Crippen molar-refractivity contribution in [2.45, 2.75) is 31.6 Å². The lowest BCUT2D eigenvalue weighted by atomic mass is 10.2. The van der Waals surface area contributed by atoms with Gasteiger partial charge in [-0.1, -0.05) is 27.7 Å². The first-order valence-electron chi connectivity index (χ1n) is 7.11. The predicted molar refractivity (Wildman–Crippen MR) is 96.7 cm³/mol. The minimum atomic E-state index is -1.03. The minimum absolute atomic E-state index is 0.0625. The van der Waals surface area contributed by atoms with E-state index in [0.29, 0.717) is 5.75 Å². The molecule has 0 aliphatic carbocycles. The van der Waals surface area contributed by atoms with Crippen LogP contribution >= 0.6 is 27.7 Å². The molecule has 9 heteroatoms. The van der Waals surface area contributed by atoms with Gasteiger partial charge in [-0.2, -0.15) is 5.10 Å². The summed E-state index contributed by atoms with van der Waals surface area (Å²) in [6.45, 7) is 3.88. The van der Waals surface area contributed by atoms with Crippen LogP contribution in [0.3, 0.4) is 0 Å². The molecule has 2 rings (SSSR count). The maximum absolute atomic E-state index is 11.6. The molecule has 1 aromatic carbocycles. The first-order chi connectivity index (χ1) is 11.3. The van der Waals surface area contributed by atoms with Crippen molar-refractivity contribution >= 4 is 51.0 Å². The maximum Gasteiger partial charge on any atom is 0.305 e. The van der Waals surface area contributed by atoms with Gasteiger partial charge in [0.2, 0.25) is 5.91 Å². The monoisotopic (exact) mass is 413 g/mol.